The quantitative estimate of drug-likeness (QED) is 0.308. The first kappa shape index (κ1) is 31.8. The zero-order valence-electron chi connectivity index (χ0n) is 24.2. The molecular formula is C32H33F3N4O6. The van der Waals surface area contributed by atoms with Crippen molar-refractivity contribution in [1.29, 1.82) is 0 Å². The van der Waals surface area contributed by atoms with E-state index in [1.165, 1.54) is 29.8 Å². The van der Waals surface area contributed by atoms with Gasteiger partial charge >= 0.3 is 18.4 Å². The van der Waals surface area contributed by atoms with Gasteiger partial charge in [-0.05, 0) is 60.4 Å². The van der Waals surface area contributed by atoms with Crippen molar-refractivity contribution >= 4 is 23.6 Å². The van der Waals surface area contributed by atoms with Gasteiger partial charge in [-0.2, -0.15) is 0 Å². The van der Waals surface area contributed by atoms with Crippen molar-refractivity contribution in [2.24, 2.45) is 0 Å². The molecule has 2 heterocycles. The van der Waals surface area contributed by atoms with E-state index >= 15 is 0 Å². The van der Waals surface area contributed by atoms with E-state index in [0.29, 0.717) is 25.1 Å². The number of hydrogen-bond donors (Lipinski definition) is 3. The second-order valence-corrected chi connectivity index (χ2v) is 11.2. The van der Waals surface area contributed by atoms with Gasteiger partial charge in [0, 0.05) is 37.4 Å². The van der Waals surface area contributed by atoms with Crippen LogP contribution in [0, 0.1) is 0 Å². The zero-order valence-corrected chi connectivity index (χ0v) is 24.2. The Bertz CT molecular complexity index is 1490. The van der Waals surface area contributed by atoms with Crippen LogP contribution in [0.25, 0.3) is 0 Å². The molecule has 0 aliphatic carbocycles. The normalized spacial score (nSPS) is 17.4. The molecule has 1 unspecified atom stereocenters. The van der Waals surface area contributed by atoms with Crippen molar-refractivity contribution in [2.75, 3.05) is 31.1 Å². The lowest BCUT2D eigenvalue weighted by atomic mass is 9.86. The maximum atomic E-state index is 13.9. The standard InChI is InChI=1S/C32H33F3N4O6/c33-32(34,35)45-26-12-10-25(11-13-26)38-21-31(14-16-37(17-15-31)19-22-4-2-1-3-5-22)39(30(38)44)20-23-6-8-24(9-7-23)28(41)36-18-27(40)29(42)43/h1-13,27,40H,14-21H2,(H,36,41)(H,42,43). The van der Waals surface area contributed by atoms with Crippen molar-refractivity contribution in [1.82, 2.24) is 15.1 Å². The molecule has 238 valence electrons. The molecule has 45 heavy (non-hydrogen) atoms. The highest BCUT2D eigenvalue weighted by Crippen LogP contribution is 2.40. The number of aliphatic carboxylic acids is 1. The Kier molecular flexibility index (Phi) is 9.30. The number of halogens is 3. The number of amides is 3. The molecule has 2 saturated heterocycles. The van der Waals surface area contributed by atoms with Gasteiger partial charge in [-0.25, -0.2) is 9.59 Å². The Balaban J connectivity index is 1.33. The highest BCUT2D eigenvalue weighted by Gasteiger charge is 2.51. The van der Waals surface area contributed by atoms with Crippen LogP contribution in [0.4, 0.5) is 23.7 Å². The Morgan fingerprint density at radius 3 is 2.13 bits per heavy atom. The molecule has 0 bridgehead atoms. The number of rotatable bonds is 10. The van der Waals surface area contributed by atoms with E-state index in [4.69, 9.17) is 5.11 Å². The number of ether oxygens (including phenoxy) is 1. The first-order chi connectivity index (χ1) is 21.4. The highest BCUT2D eigenvalue weighted by atomic mass is 19.4. The van der Waals surface area contributed by atoms with Crippen molar-refractivity contribution < 1.29 is 42.5 Å². The Morgan fingerprint density at radius 1 is 0.911 bits per heavy atom. The number of anilines is 1. The van der Waals surface area contributed by atoms with Gasteiger partial charge in [-0.15, -0.1) is 13.2 Å². The Morgan fingerprint density at radius 2 is 1.53 bits per heavy atom. The van der Waals surface area contributed by atoms with E-state index in [9.17, 15) is 32.7 Å². The third-order valence-electron chi connectivity index (χ3n) is 8.20. The van der Waals surface area contributed by atoms with E-state index in [1.807, 2.05) is 23.1 Å². The largest absolute Gasteiger partial charge is 0.573 e. The summed E-state index contributed by atoms with van der Waals surface area (Å²) < 4.78 is 42.1. The third kappa shape index (κ3) is 7.73. The van der Waals surface area contributed by atoms with Gasteiger partial charge in [0.1, 0.15) is 5.75 Å². The summed E-state index contributed by atoms with van der Waals surface area (Å²) in [5, 5.41) is 20.6. The van der Waals surface area contributed by atoms with Crippen LogP contribution in [0.5, 0.6) is 5.75 Å². The predicted molar refractivity (Wildman–Crippen MR) is 158 cm³/mol. The van der Waals surface area contributed by atoms with E-state index in [-0.39, 0.29) is 23.9 Å². The van der Waals surface area contributed by atoms with E-state index in [2.05, 4.69) is 27.1 Å². The van der Waals surface area contributed by atoms with Crippen LogP contribution in [0.3, 0.4) is 0 Å². The number of hydrogen-bond acceptors (Lipinski definition) is 6. The fourth-order valence-corrected chi connectivity index (χ4v) is 5.78. The lowest BCUT2D eigenvalue weighted by Crippen LogP contribution is -2.54. The molecule has 13 heteroatoms. The molecule has 2 fully saturated rings. The van der Waals surface area contributed by atoms with Crippen molar-refractivity contribution in [2.45, 2.75) is 43.9 Å². The summed E-state index contributed by atoms with van der Waals surface area (Å²) in [6.07, 6.45) is -5.18. The second-order valence-electron chi connectivity index (χ2n) is 11.2. The number of piperidine rings is 1. The van der Waals surface area contributed by atoms with Gasteiger partial charge in [0.2, 0.25) is 0 Å². The zero-order chi connectivity index (χ0) is 32.2. The number of nitrogens with one attached hydrogen (secondary N) is 1. The predicted octanol–water partition coefficient (Wildman–Crippen LogP) is 4.24. The van der Waals surface area contributed by atoms with Gasteiger partial charge in [-0.1, -0.05) is 42.5 Å². The van der Waals surface area contributed by atoms with Crippen molar-refractivity contribution in [3.63, 3.8) is 0 Å². The molecule has 0 aromatic heterocycles. The number of aliphatic hydroxyl groups is 1. The number of likely N-dealkylation sites (tertiary alicyclic amines) is 1. The molecule has 3 N–H and O–H groups in total. The van der Waals surface area contributed by atoms with E-state index < -0.39 is 36.4 Å². The lowest BCUT2D eigenvalue weighted by molar-refractivity contribution is -0.274. The molecule has 3 aromatic rings. The summed E-state index contributed by atoms with van der Waals surface area (Å²) in [7, 11) is 0. The van der Waals surface area contributed by atoms with Crippen LogP contribution in [0.2, 0.25) is 0 Å². The molecule has 0 radical (unpaired) electrons. The number of aliphatic hydroxyl groups excluding tert-OH is 1. The summed E-state index contributed by atoms with van der Waals surface area (Å²) >= 11 is 0. The summed E-state index contributed by atoms with van der Waals surface area (Å²) in [5.74, 6) is -2.37. The second kappa shape index (κ2) is 13.2. The number of nitrogens with zero attached hydrogens (tertiary/aromatic N) is 3. The number of urea groups is 1. The minimum absolute atomic E-state index is 0.239. The van der Waals surface area contributed by atoms with Gasteiger partial charge in [-0.3, -0.25) is 14.6 Å². The summed E-state index contributed by atoms with van der Waals surface area (Å²) in [4.78, 5) is 42.9. The number of carbonyl (C=O) groups is 3. The number of carbonyl (C=O) groups excluding carboxylic acids is 2. The Labute approximate surface area is 257 Å². The van der Waals surface area contributed by atoms with Gasteiger partial charge in [0.25, 0.3) is 5.91 Å². The number of carboxylic acid groups (broad SMARTS) is 1. The monoisotopic (exact) mass is 626 g/mol. The van der Waals surface area contributed by atoms with Crippen LogP contribution in [-0.4, -0.2) is 82.1 Å². The third-order valence-corrected chi connectivity index (χ3v) is 8.20. The van der Waals surface area contributed by atoms with Crippen LogP contribution >= 0.6 is 0 Å². The first-order valence-electron chi connectivity index (χ1n) is 14.4. The molecule has 2 aliphatic heterocycles. The maximum absolute atomic E-state index is 13.9. The average molecular weight is 627 g/mol. The molecule has 3 amide bonds. The molecular weight excluding hydrogens is 593 g/mol. The molecule has 0 saturated carbocycles. The maximum Gasteiger partial charge on any atom is 0.573 e. The van der Waals surface area contributed by atoms with Crippen LogP contribution < -0.4 is 15.0 Å². The number of alkyl halides is 3. The molecule has 2 aliphatic rings. The number of carboxylic acids is 1. The molecule has 1 atom stereocenters. The van der Waals surface area contributed by atoms with Gasteiger partial charge in [0.05, 0.1) is 18.6 Å². The van der Waals surface area contributed by atoms with Crippen molar-refractivity contribution in [3.8, 4) is 5.75 Å². The number of benzene rings is 3. The summed E-state index contributed by atoms with van der Waals surface area (Å²) in [5.41, 5.74) is 2.13. The van der Waals surface area contributed by atoms with Crippen molar-refractivity contribution in [3.05, 3.63) is 95.6 Å². The smallest absolute Gasteiger partial charge is 0.479 e. The first-order valence-corrected chi connectivity index (χ1v) is 14.4. The fraction of sp³-hybridized carbons (Fsp3) is 0.344. The SMILES string of the molecule is O=C(NCC(O)C(=O)O)c1ccc(CN2C(=O)N(c3ccc(OC(F)(F)F)cc3)CC23CCN(Cc2ccccc2)CC3)cc1. The topological polar surface area (TPSA) is 123 Å². The molecule has 10 nitrogen and oxygen atoms in total. The minimum Gasteiger partial charge on any atom is -0.479 e. The summed E-state index contributed by atoms with van der Waals surface area (Å²) in [6.45, 7) is 2.42. The van der Waals surface area contributed by atoms with E-state index in [1.54, 1.807) is 29.2 Å². The Hall–Kier alpha value is -4.62. The van der Waals surface area contributed by atoms with Gasteiger partial charge < -0.3 is 25.2 Å². The van der Waals surface area contributed by atoms with Crippen LogP contribution in [0.1, 0.15) is 34.3 Å². The molecule has 5 rings (SSSR count). The molecule has 1 spiro atoms. The average Bonchev–Trinajstić information content (AvgIpc) is 3.27. The van der Waals surface area contributed by atoms with Crippen LogP contribution in [0.15, 0.2) is 78.9 Å². The van der Waals surface area contributed by atoms with E-state index in [0.717, 1.165) is 25.2 Å². The molecule has 3 aromatic carbocycles. The fourth-order valence-electron chi connectivity index (χ4n) is 5.78. The van der Waals surface area contributed by atoms with Crippen LogP contribution in [-0.2, 0) is 17.9 Å². The highest BCUT2D eigenvalue weighted by molar-refractivity contribution is 5.96. The lowest BCUT2D eigenvalue weighted by Gasteiger charge is -2.44. The summed E-state index contributed by atoms with van der Waals surface area (Å²) in [6, 6.07) is 21.6. The minimum atomic E-state index is -4.82. The van der Waals surface area contributed by atoms with Gasteiger partial charge in [0.15, 0.2) is 6.10 Å².